The number of hydrogen-bond acceptors (Lipinski definition) is 1. The molecule has 0 aliphatic carbocycles. The van der Waals surface area contributed by atoms with Crippen molar-refractivity contribution in [2.24, 2.45) is 0 Å². The van der Waals surface area contributed by atoms with Crippen LogP contribution < -0.4 is 4.57 Å². The molecule has 1 rings (SSSR count). The van der Waals surface area contributed by atoms with Gasteiger partial charge in [0, 0.05) is 25.0 Å². The predicted molar refractivity (Wildman–Crippen MR) is 83.6 cm³/mol. The summed E-state index contributed by atoms with van der Waals surface area (Å²) in [6.45, 7) is 10.5. The van der Waals surface area contributed by atoms with Crippen molar-refractivity contribution in [1.82, 2.24) is 0 Å². The molecular formula is C18H30N2. The first kappa shape index (κ1) is 18.6. The van der Waals surface area contributed by atoms with E-state index in [0.29, 0.717) is 0 Å². The molecule has 0 fully saturated rings. The van der Waals surface area contributed by atoms with Gasteiger partial charge in [0.05, 0.1) is 0 Å². The normalized spacial score (nSPS) is 9.80. The summed E-state index contributed by atoms with van der Waals surface area (Å²) in [6, 6.07) is 6.58. The Morgan fingerprint density at radius 3 is 2.20 bits per heavy atom. The first-order valence-corrected chi connectivity index (χ1v) is 8.08. The Kier molecular flexibility index (Phi) is 13.1. The zero-order valence-electron chi connectivity index (χ0n) is 13.3. The second-order valence-corrected chi connectivity index (χ2v) is 5.26. The molecule has 0 bridgehead atoms. The Hall–Kier alpha value is -1.36. The lowest BCUT2D eigenvalue weighted by Crippen LogP contribution is -2.37. The average Bonchev–Trinajstić information content (AvgIpc) is 2.50. The van der Waals surface area contributed by atoms with Crippen LogP contribution in [0, 0.1) is 11.8 Å². The van der Waals surface area contributed by atoms with Crippen LogP contribution in [0.3, 0.4) is 0 Å². The van der Waals surface area contributed by atoms with Crippen LogP contribution in [0.15, 0.2) is 24.4 Å². The molecule has 2 nitrogen and oxygen atoms in total. The topological polar surface area (TPSA) is 27.7 Å². The van der Waals surface area contributed by atoms with Gasteiger partial charge in [0.25, 0.3) is 0 Å². The third-order valence-corrected chi connectivity index (χ3v) is 3.54. The summed E-state index contributed by atoms with van der Waals surface area (Å²) in [5, 5.41) is 6.25. The molecular weight excluding hydrogens is 244 g/mol. The number of hydrogen-bond donors (Lipinski definition) is 0. The molecule has 0 aromatic carbocycles. The molecule has 0 saturated carbocycles. The van der Waals surface area contributed by atoms with Gasteiger partial charge in [-0.2, -0.15) is 0 Å². The second kappa shape index (κ2) is 14.1. The SMILES string of the molecule is CCCCCCCCC[n+]1ccccc1CCC.[C-]#N. The standard InChI is InChI=1S/C17H30N.CN/c1-3-5-6-7-8-9-11-15-18-16-12-10-14-17(18)13-4-2;1-2/h10,12,14,16H,3-9,11,13,15H2,1-2H3;/q+1;-1. The van der Waals surface area contributed by atoms with Gasteiger partial charge in [-0.15, -0.1) is 0 Å². The summed E-state index contributed by atoms with van der Waals surface area (Å²) in [5.74, 6) is 0. The monoisotopic (exact) mass is 274 g/mol. The van der Waals surface area contributed by atoms with Crippen LogP contribution >= 0.6 is 0 Å². The van der Waals surface area contributed by atoms with Crippen LogP contribution in [0.2, 0.25) is 0 Å². The number of aryl methyl sites for hydroxylation is 2. The van der Waals surface area contributed by atoms with Crippen LogP contribution in [-0.4, -0.2) is 0 Å². The Bertz CT molecular complexity index is 344. The van der Waals surface area contributed by atoms with Crippen LogP contribution in [0.5, 0.6) is 0 Å². The molecule has 1 aromatic rings. The quantitative estimate of drug-likeness (QED) is 0.343. The van der Waals surface area contributed by atoms with Gasteiger partial charge in [-0.1, -0.05) is 52.0 Å². The molecule has 20 heavy (non-hydrogen) atoms. The van der Waals surface area contributed by atoms with Gasteiger partial charge >= 0.3 is 0 Å². The molecule has 112 valence electrons. The van der Waals surface area contributed by atoms with Crippen LogP contribution in [0.25, 0.3) is 0 Å². The van der Waals surface area contributed by atoms with E-state index < -0.39 is 0 Å². The number of nitrogens with zero attached hydrogens (tertiary/aromatic N) is 2. The largest absolute Gasteiger partial charge is 0.512 e. The van der Waals surface area contributed by atoms with Gasteiger partial charge in [0.1, 0.15) is 6.54 Å². The van der Waals surface area contributed by atoms with Crippen molar-refractivity contribution in [3.05, 3.63) is 36.7 Å². The van der Waals surface area contributed by atoms with Crippen molar-refractivity contribution < 1.29 is 4.57 Å². The van der Waals surface area contributed by atoms with E-state index in [4.69, 9.17) is 11.8 Å². The minimum absolute atomic E-state index is 1.20. The molecule has 0 N–H and O–H groups in total. The molecule has 0 atom stereocenters. The highest BCUT2D eigenvalue weighted by Crippen LogP contribution is 2.07. The molecule has 0 saturated heterocycles. The fourth-order valence-corrected chi connectivity index (χ4v) is 2.45. The minimum Gasteiger partial charge on any atom is -0.512 e. The lowest BCUT2D eigenvalue weighted by molar-refractivity contribution is -0.704. The van der Waals surface area contributed by atoms with Gasteiger partial charge in [-0.25, -0.2) is 4.57 Å². The van der Waals surface area contributed by atoms with Gasteiger partial charge in [-0.05, 0) is 12.8 Å². The Morgan fingerprint density at radius 2 is 1.55 bits per heavy atom. The van der Waals surface area contributed by atoms with E-state index in [1.807, 2.05) is 0 Å². The third kappa shape index (κ3) is 8.69. The van der Waals surface area contributed by atoms with E-state index in [1.54, 1.807) is 0 Å². The Balaban J connectivity index is 0.00000172. The second-order valence-electron chi connectivity index (χ2n) is 5.26. The van der Waals surface area contributed by atoms with E-state index in [9.17, 15) is 0 Å². The first-order chi connectivity index (χ1) is 9.88. The van der Waals surface area contributed by atoms with E-state index in [1.165, 1.54) is 70.0 Å². The fourth-order valence-electron chi connectivity index (χ4n) is 2.45. The number of unbranched alkanes of at least 4 members (excludes halogenated alkanes) is 6. The number of rotatable bonds is 10. The van der Waals surface area contributed by atoms with E-state index in [0.717, 1.165) is 0 Å². The maximum Gasteiger partial charge on any atom is 0.181 e. The van der Waals surface area contributed by atoms with Crippen molar-refractivity contribution in [3.8, 4) is 0 Å². The molecule has 0 aliphatic heterocycles. The van der Waals surface area contributed by atoms with E-state index >= 15 is 0 Å². The van der Waals surface area contributed by atoms with Gasteiger partial charge in [0.2, 0.25) is 0 Å². The Labute approximate surface area is 125 Å². The highest BCUT2D eigenvalue weighted by molar-refractivity contribution is 4.97. The zero-order chi connectivity index (χ0) is 15.1. The smallest absolute Gasteiger partial charge is 0.181 e. The predicted octanol–water partition coefficient (Wildman–Crippen LogP) is 4.77. The average molecular weight is 274 g/mol. The van der Waals surface area contributed by atoms with Gasteiger partial charge < -0.3 is 11.8 Å². The molecule has 0 unspecified atom stereocenters. The maximum absolute atomic E-state index is 6.25. The summed E-state index contributed by atoms with van der Waals surface area (Å²) in [4.78, 5) is 0. The van der Waals surface area contributed by atoms with Crippen LogP contribution in [0.1, 0.15) is 70.9 Å². The summed E-state index contributed by atoms with van der Waals surface area (Å²) in [6.07, 6.45) is 14.4. The molecule has 0 amide bonds. The highest BCUT2D eigenvalue weighted by atomic mass is 14.9. The molecule has 0 spiro atoms. The highest BCUT2D eigenvalue weighted by Gasteiger charge is 2.07. The summed E-state index contributed by atoms with van der Waals surface area (Å²) in [5.41, 5.74) is 1.49. The molecule has 1 heterocycles. The third-order valence-electron chi connectivity index (χ3n) is 3.54. The van der Waals surface area contributed by atoms with Gasteiger partial charge in [-0.3, -0.25) is 0 Å². The van der Waals surface area contributed by atoms with E-state index in [2.05, 4.69) is 42.8 Å². The van der Waals surface area contributed by atoms with Crippen molar-refractivity contribution in [2.45, 2.75) is 78.2 Å². The Morgan fingerprint density at radius 1 is 0.900 bits per heavy atom. The molecule has 0 aliphatic rings. The summed E-state index contributed by atoms with van der Waals surface area (Å²) in [7, 11) is 0. The zero-order valence-corrected chi connectivity index (χ0v) is 13.3. The molecule has 0 radical (unpaired) electrons. The first-order valence-electron chi connectivity index (χ1n) is 8.08. The number of aromatic nitrogens is 1. The summed E-state index contributed by atoms with van der Waals surface area (Å²) < 4.78 is 2.44. The van der Waals surface area contributed by atoms with Crippen molar-refractivity contribution in [3.63, 3.8) is 0 Å². The van der Waals surface area contributed by atoms with Crippen molar-refractivity contribution in [1.29, 1.82) is 5.26 Å². The molecule has 2 heteroatoms. The van der Waals surface area contributed by atoms with Gasteiger partial charge in [0.15, 0.2) is 11.9 Å². The van der Waals surface area contributed by atoms with Crippen LogP contribution in [0.4, 0.5) is 0 Å². The lowest BCUT2D eigenvalue weighted by atomic mass is 10.1. The minimum atomic E-state index is 1.20. The maximum atomic E-state index is 6.25. The fraction of sp³-hybridized carbons (Fsp3) is 0.667. The number of pyridine rings is 1. The van der Waals surface area contributed by atoms with E-state index in [-0.39, 0.29) is 0 Å². The molecule has 1 aromatic heterocycles. The summed E-state index contributed by atoms with van der Waals surface area (Å²) >= 11 is 0. The van der Waals surface area contributed by atoms with Crippen LogP contribution in [-0.2, 0) is 13.0 Å². The van der Waals surface area contributed by atoms with Crippen molar-refractivity contribution >= 4 is 0 Å². The van der Waals surface area contributed by atoms with Crippen molar-refractivity contribution in [2.75, 3.05) is 0 Å². The lowest BCUT2D eigenvalue weighted by Gasteiger charge is -2.03.